The summed E-state index contributed by atoms with van der Waals surface area (Å²) in [5, 5.41) is 0. The van der Waals surface area contributed by atoms with Gasteiger partial charge in [0.2, 0.25) is 0 Å². The SMILES string of the molecule is CC(C)(C)C(C)(C)CCC(F)(F)F. The largest absolute Gasteiger partial charge is 0.389 e. The van der Waals surface area contributed by atoms with Gasteiger partial charge in [0.05, 0.1) is 0 Å². The van der Waals surface area contributed by atoms with Crippen molar-refractivity contribution in [2.75, 3.05) is 0 Å². The van der Waals surface area contributed by atoms with Crippen molar-refractivity contribution in [3.63, 3.8) is 0 Å². The van der Waals surface area contributed by atoms with Gasteiger partial charge in [-0.15, -0.1) is 0 Å². The highest BCUT2D eigenvalue weighted by atomic mass is 19.4. The maximum absolute atomic E-state index is 12.0. The van der Waals surface area contributed by atoms with Gasteiger partial charge in [-0.2, -0.15) is 13.2 Å². The van der Waals surface area contributed by atoms with Crippen molar-refractivity contribution in [3.05, 3.63) is 0 Å². The molecule has 0 aliphatic rings. The van der Waals surface area contributed by atoms with Gasteiger partial charge in [0, 0.05) is 6.42 Å². The highest BCUT2D eigenvalue weighted by molar-refractivity contribution is 4.82. The predicted molar refractivity (Wildman–Crippen MR) is 48.5 cm³/mol. The minimum absolute atomic E-state index is 0.0851. The molecule has 0 aliphatic heterocycles. The molecule has 80 valence electrons. The van der Waals surface area contributed by atoms with E-state index in [1.54, 1.807) is 0 Å². The molecular formula is C10H19F3. The summed E-state index contributed by atoms with van der Waals surface area (Å²) in [5.41, 5.74) is -0.360. The van der Waals surface area contributed by atoms with Gasteiger partial charge in [-0.1, -0.05) is 34.6 Å². The smallest absolute Gasteiger partial charge is 0.171 e. The lowest BCUT2D eigenvalue weighted by molar-refractivity contribution is -0.143. The summed E-state index contributed by atoms with van der Waals surface area (Å²) >= 11 is 0. The average molecular weight is 196 g/mol. The number of hydrogen-bond donors (Lipinski definition) is 0. The van der Waals surface area contributed by atoms with Gasteiger partial charge in [0.15, 0.2) is 0 Å². The monoisotopic (exact) mass is 196 g/mol. The molecule has 0 aliphatic carbocycles. The van der Waals surface area contributed by atoms with E-state index in [4.69, 9.17) is 0 Å². The van der Waals surface area contributed by atoms with Crippen molar-refractivity contribution in [2.45, 2.75) is 53.6 Å². The third-order valence-electron chi connectivity index (χ3n) is 3.06. The molecule has 0 rings (SSSR count). The van der Waals surface area contributed by atoms with Crippen LogP contribution >= 0.6 is 0 Å². The zero-order chi connectivity index (χ0) is 10.9. The molecule has 0 heterocycles. The van der Waals surface area contributed by atoms with Gasteiger partial charge < -0.3 is 0 Å². The van der Waals surface area contributed by atoms with Crippen molar-refractivity contribution in [2.24, 2.45) is 10.8 Å². The molecule has 0 nitrogen and oxygen atoms in total. The van der Waals surface area contributed by atoms with Crippen LogP contribution in [0.3, 0.4) is 0 Å². The fraction of sp³-hybridized carbons (Fsp3) is 1.00. The molecule has 0 aromatic carbocycles. The topological polar surface area (TPSA) is 0 Å². The molecule has 0 spiro atoms. The molecule has 0 atom stereocenters. The second-order valence-electron chi connectivity index (χ2n) is 5.25. The first-order chi connectivity index (χ1) is 5.46. The number of hydrogen-bond acceptors (Lipinski definition) is 0. The Morgan fingerprint density at radius 3 is 1.38 bits per heavy atom. The first-order valence-corrected chi connectivity index (χ1v) is 4.52. The summed E-state index contributed by atoms with van der Waals surface area (Å²) in [5.74, 6) is 0. The van der Waals surface area contributed by atoms with Crippen molar-refractivity contribution in [3.8, 4) is 0 Å². The van der Waals surface area contributed by atoms with E-state index in [1.165, 1.54) is 0 Å². The van der Waals surface area contributed by atoms with E-state index in [0.717, 1.165) is 0 Å². The Morgan fingerprint density at radius 1 is 0.769 bits per heavy atom. The predicted octanol–water partition coefficient (Wildman–Crippen LogP) is 4.40. The summed E-state index contributed by atoms with van der Waals surface area (Å²) in [6.45, 7) is 9.70. The zero-order valence-electron chi connectivity index (χ0n) is 9.05. The number of halogens is 3. The molecule has 13 heavy (non-hydrogen) atoms. The third-order valence-corrected chi connectivity index (χ3v) is 3.06. The van der Waals surface area contributed by atoms with Crippen molar-refractivity contribution < 1.29 is 13.2 Å². The van der Waals surface area contributed by atoms with Crippen LogP contribution in [0, 0.1) is 10.8 Å². The van der Waals surface area contributed by atoms with Gasteiger partial charge in [0.1, 0.15) is 0 Å². The van der Waals surface area contributed by atoms with E-state index in [-0.39, 0.29) is 17.3 Å². The second kappa shape index (κ2) is 3.50. The fourth-order valence-corrected chi connectivity index (χ4v) is 0.829. The zero-order valence-corrected chi connectivity index (χ0v) is 9.05. The van der Waals surface area contributed by atoms with Crippen LogP contribution in [0.4, 0.5) is 13.2 Å². The molecule has 0 N–H and O–H groups in total. The van der Waals surface area contributed by atoms with Gasteiger partial charge in [-0.05, 0) is 17.3 Å². The van der Waals surface area contributed by atoms with Crippen LogP contribution < -0.4 is 0 Å². The molecule has 0 fully saturated rings. The molecule has 0 saturated heterocycles. The van der Waals surface area contributed by atoms with Crippen LogP contribution in [0.15, 0.2) is 0 Å². The van der Waals surface area contributed by atoms with Crippen LogP contribution in [0.1, 0.15) is 47.5 Å². The van der Waals surface area contributed by atoms with E-state index < -0.39 is 12.6 Å². The highest BCUT2D eigenvalue weighted by Crippen LogP contribution is 2.43. The minimum atomic E-state index is -4.03. The molecule has 0 saturated carbocycles. The standard InChI is InChI=1S/C10H19F3/c1-8(2,3)9(4,5)6-7-10(11,12)13/h6-7H2,1-5H3. The Labute approximate surface area is 78.5 Å². The lowest BCUT2D eigenvalue weighted by Crippen LogP contribution is -2.31. The summed E-state index contributed by atoms with van der Waals surface area (Å²) < 4.78 is 35.9. The summed E-state index contributed by atoms with van der Waals surface area (Å²) in [6, 6.07) is 0. The first kappa shape index (κ1) is 12.8. The molecule has 0 aromatic rings. The van der Waals surface area contributed by atoms with E-state index in [2.05, 4.69) is 0 Å². The maximum atomic E-state index is 12.0. The van der Waals surface area contributed by atoms with Crippen molar-refractivity contribution in [1.82, 2.24) is 0 Å². The van der Waals surface area contributed by atoms with Gasteiger partial charge in [0.25, 0.3) is 0 Å². The van der Waals surface area contributed by atoms with E-state index in [9.17, 15) is 13.2 Å². The van der Waals surface area contributed by atoms with Crippen LogP contribution in [0.5, 0.6) is 0 Å². The maximum Gasteiger partial charge on any atom is 0.389 e. The second-order valence-corrected chi connectivity index (χ2v) is 5.25. The lowest BCUT2D eigenvalue weighted by atomic mass is 9.67. The molecule has 0 bridgehead atoms. The molecular weight excluding hydrogens is 177 g/mol. The summed E-state index contributed by atoms with van der Waals surface area (Å²) in [7, 11) is 0. The van der Waals surface area contributed by atoms with Crippen LogP contribution in [-0.2, 0) is 0 Å². The highest BCUT2D eigenvalue weighted by Gasteiger charge is 2.37. The van der Waals surface area contributed by atoms with Gasteiger partial charge in [-0.3, -0.25) is 0 Å². The van der Waals surface area contributed by atoms with Gasteiger partial charge in [-0.25, -0.2) is 0 Å². The molecule has 0 radical (unpaired) electrons. The molecule has 0 amide bonds. The number of rotatable bonds is 2. The Kier molecular flexibility index (Phi) is 3.45. The fourth-order valence-electron chi connectivity index (χ4n) is 0.829. The van der Waals surface area contributed by atoms with Crippen molar-refractivity contribution in [1.29, 1.82) is 0 Å². The third kappa shape index (κ3) is 4.53. The lowest BCUT2D eigenvalue weighted by Gasteiger charge is -2.39. The van der Waals surface area contributed by atoms with E-state index >= 15 is 0 Å². The average Bonchev–Trinajstić information content (AvgIpc) is 1.79. The Balaban J connectivity index is 4.21. The van der Waals surface area contributed by atoms with Crippen LogP contribution in [-0.4, -0.2) is 6.18 Å². The Hall–Kier alpha value is -0.210. The van der Waals surface area contributed by atoms with Crippen molar-refractivity contribution >= 4 is 0 Å². The Bertz CT molecular complexity index is 160. The van der Waals surface area contributed by atoms with E-state index in [1.807, 2.05) is 34.6 Å². The summed E-state index contributed by atoms with van der Waals surface area (Å²) in [6.07, 6.45) is -4.51. The quantitative estimate of drug-likeness (QED) is 0.614. The van der Waals surface area contributed by atoms with Crippen LogP contribution in [0.2, 0.25) is 0 Å². The molecule has 0 aromatic heterocycles. The first-order valence-electron chi connectivity index (χ1n) is 4.52. The normalized spacial score (nSPS) is 14.8. The number of alkyl halides is 3. The van der Waals surface area contributed by atoms with Crippen LogP contribution in [0.25, 0.3) is 0 Å². The molecule has 0 unspecified atom stereocenters. The molecule has 3 heteroatoms. The van der Waals surface area contributed by atoms with Gasteiger partial charge >= 0.3 is 6.18 Å². The van der Waals surface area contributed by atoms with E-state index in [0.29, 0.717) is 0 Å². The Morgan fingerprint density at radius 2 is 1.15 bits per heavy atom. The summed E-state index contributed by atoms with van der Waals surface area (Å²) in [4.78, 5) is 0. The minimum Gasteiger partial charge on any atom is -0.171 e.